The highest BCUT2D eigenvalue weighted by atomic mass is 35.5. The minimum atomic E-state index is -0.123. The Morgan fingerprint density at radius 2 is 2.09 bits per heavy atom. The molecule has 6 heteroatoms. The molecular weight excluding hydrogens is 302 g/mol. The van der Waals surface area contributed by atoms with E-state index in [-0.39, 0.29) is 30.1 Å². The maximum absolute atomic E-state index is 12.2. The van der Waals surface area contributed by atoms with Crippen LogP contribution in [0.1, 0.15) is 35.2 Å². The lowest BCUT2D eigenvalue weighted by Crippen LogP contribution is -2.34. The second kappa shape index (κ2) is 8.76. The molecule has 0 unspecified atom stereocenters. The van der Waals surface area contributed by atoms with Crippen molar-refractivity contribution >= 4 is 24.2 Å². The average Bonchev–Trinajstić information content (AvgIpc) is 3.00. The van der Waals surface area contributed by atoms with Gasteiger partial charge in [0, 0.05) is 25.1 Å². The topological polar surface area (TPSA) is 84.2 Å². The Balaban J connectivity index is 0.00000242. The number of amides is 2. The van der Waals surface area contributed by atoms with Crippen LogP contribution in [0, 0.1) is 11.8 Å². The molecule has 1 aliphatic rings. The van der Waals surface area contributed by atoms with E-state index in [0.29, 0.717) is 24.6 Å². The van der Waals surface area contributed by atoms with Crippen molar-refractivity contribution in [2.45, 2.75) is 25.8 Å². The lowest BCUT2D eigenvalue weighted by Gasteiger charge is -2.17. The van der Waals surface area contributed by atoms with Crippen molar-refractivity contribution in [3.05, 3.63) is 35.4 Å². The Hall–Kier alpha value is -1.59. The van der Waals surface area contributed by atoms with Gasteiger partial charge in [-0.2, -0.15) is 0 Å². The van der Waals surface area contributed by atoms with Crippen molar-refractivity contribution in [2.75, 3.05) is 13.6 Å². The molecule has 1 aliphatic carbocycles. The SMILES string of the molecule is CNC(=O)c1cccc(CNC(=O)[C@@H]2CCC[C@@H]2CN)c1.Cl. The molecule has 22 heavy (non-hydrogen) atoms. The zero-order valence-electron chi connectivity index (χ0n) is 12.8. The number of halogens is 1. The van der Waals surface area contributed by atoms with Gasteiger partial charge in [-0.05, 0) is 43.0 Å². The fourth-order valence-electron chi connectivity index (χ4n) is 2.95. The van der Waals surface area contributed by atoms with Crippen LogP contribution in [0.15, 0.2) is 24.3 Å². The number of carbonyl (C=O) groups excluding carboxylic acids is 2. The lowest BCUT2D eigenvalue weighted by molar-refractivity contribution is -0.126. The van der Waals surface area contributed by atoms with E-state index in [1.165, 1.54) is 0 Å². The summed E-state index contributed by atoms with van der Waals surface area (Å²) in [7, 11) is 1.60. The predicted octanol–water partition coefficient (Wildman–Crippen LogP) is 1.46. The molecule has 1 saturated carbocycles. The van der Waals surface area contributed by atoms with Crippen LogP contribution in [0.25, 0.3) is 0 Å². The number of nitrogens with one attached hydrogen (secondary N) is 2. The first kappa shape index (κ1) is 18.5. The molecule has 1 fully saturated rings. The van der Waals surface area contributed by atoms with Crippen LogP contribution in [0.4, 0.5) is 0 Å². The maximum Gasteiger partial charge on any atom is 0.251 e. The van der Waals surface area contributed by atoms with Crippen molar-refractivity contribution in [1.82, 2.24) is 10.6 Å². The third-order valence-electron chi connectivity index (χ3n) is 4.18. The van der Waals surface area contributed by atoms with Crippen molar-refractivity contribution < 1.29 is 9.59 Å². The fourth-order valence-corrected chi connectivity index (χ4v) is 2.95. The van der Waals surface area contributed by atoms with Crippen LogP contribution in [0.3, 0.4) is 0 Å². The van der Waals surface area contributed by atoms with Crippen LogP contribution in [0.2, 0.25) is 0 Å². The minimum Gasteiger partial charge on any atom is -0.355 e. The first-order valence-corrected chi connectivity index (χ1v) is 7.44. The standard InChI is InChI=1S/C16H23N3O2.ClH/c1-18-15(20)12-5-2-4-11(8-12)10-19-16(21)14-7-3-6-13(14)9-17;/h2,4-5,8,13-14H,3,6-7,9-10,17H2,1H3,(H,18,20)(H,19,21);1H/t13-,14-;/m1./s1. The molecule has 0 aromatic heterocycles. The number of carbonyl (C=O) groups is 2. The highest BCUT2D eigenvalue weighted by Gasteiger charge is 2.31. The summed E-state index contributed by atoms with van der Waals surface area (Å²) < 4.78 is 0. The first-order valence-electron chi connectivity index (χ1n) is 7.44. The van der Waals surface area contributed by atoms with Gasteiger partial charge < -0.3 is 16.4 Å². The Morgan fingerprint density at radius 3 is 2.77 bits per heavy atom. The number of rotatable bonds is 5. The Kier molecular flexibility index (Phi) is 7.35. The van der Waals surface area contributed by atoms with E-state index in [0.717, 1.165) is 24.8 Å². The van der Waals surface area contributed by atoms with Gasteiger partial charge in [0.15, 0.2) is 0 Å². The largest absolute Gasteiger partial charge is 0.355 e. The van der Waals surface area contributed by atoms with E-state index in [2.05, 4.69) is 10.6 Å². The summed E-state index contributed by atoms with van der Waals surface area (Å²) in [4.78, 5) is 23.8. The molecule has 0 bridgehead atoms. The molecule has 4 N–H and O–H groups in total. The Morgan fingerprint density at radius 1 is 1.32 bits per heavy atom. The number of hydrogen-bond acceptors (Lipinski definition) is 3. The minimum absolute atomic E-state index is 0. The van der Waals surface area contributed by atoms with E-state index in [1.807, 2.05) is 12.1 Å². The maximum atomic E-state index is 12.2. The predicted molar refractivity (Wildman–Crippen MR) is 88.8 cm³/mol. The third kappa shape index (κ3) is 4.45. The summed E-state index contributed by atoms with van der Waals surface area (Å²) in [5, 5.41) is 5.55. The summed E-state index contributed by atoms with van der Waals surface area (Å²) in [6.45, 7) is 1.02. The van der Waals surface area contributed by atoms with Crippen LogP contribution in [-0.2, 0) is 11.3 Å². The normalized spacial score (nSPS) is 20.1. The first-order chi connectivity index (χ1) is 10.2. The Labute approximate surface area is 137 Å². The van der Waals surface area contributed by atoms with E-state index in [1.54, 1.807) is 19.2 Å². The van der Waals surface area contributed by atoms with Crippen LogP contribution in [-0.4, -0.2) is 25.4 Å². The molecular formula is C16H24ClN3O2. The molecule has 2 rings (SSSR count). The zero-order valence-corrected chi connectivity index (χ0v) is 13.6. The van der Waals surface area contributed by atoms with Crippen molar-refractivity contribution in [2.24, 2.45) is 17.6 Å². The highest BCUT2D eigenvalue weighted by Crippen LogP contribution is 2.30. The lowest BCUT2D eigenvalue weighted by atomic mass is 9.95. The molecule has 122 valence electrons. The number of nitrogens with two attached hydrogens (primary N) is 1. The second-order valence-corrected chi connectivity index (χ2v) is 5.53. The summed E-state index contributed by atoms with van der Waals surface area (Å²) in [5.41, 5.74) is 7.24. The third-order valence-corrected chi connectivity index (χ3v) is 4.18. The quantitative estimate of drug-likeness (QED) is 0.766. The summed E-state index contributed by atoms with van der Waals surface area (Å²) >= 11 is 0. The molecule has 0 saturated heterocycles. The molecule has 0 aliphatic heterocycles. The molecule has 0 spiro atoms. The molecule has 0 radical (unpaired) electrons. The van der Waals surface area contributed by atoms with Crippen molar-refractivity contribution in [3.63, 3.8) is 0 Å². The van der Waals surface area contributed by atoms with E-state index in [4.69, 9.17) is 5.73 Å². The summed E-state index contributed by atoms with van der Waals surface area (Å²) in [6, 6.07) is 7.28. The molecule has 1 aromatic rings. The van der Waals surface area contributed by atoms with Gasteiger partial charge in [-0.15, -0.1) is 12.4 Å². The number of hydrogen-bond donors (Lipinski definition) is 3. The summed E-state index contributed by atoms with van der Waals surface area (Å²) in [6.07, 6.45) is 3.04. The number of benzene rings is 1. The van der Waals surface area contributed by atoms with Crippen LogP contribution in [0.5, 0.6) is 0 Å². The monoisotopic (exact) mass is 325 g/mol. The summed E-state index contributed by atoms with van der Waals surface area (Å²) in [5.74, 6) is 0.301. The molecule has 2 amide bonds. The van der Waals surface area contributed by atoms with Gasteiger partial charge >= 0.3 is 0 Å². The molecule has 5 nitrogen and oxygen atoms in total. The van der Waals surface area contributed by atoms with Gasteiger partial charge in [-0.1, -0.05) is 18.6 Å². The highest BCUT2D eigenvalue weighted by molar-refractivity contribution is 5.94. The molecule has 0 heterocycles. The molecule has 1 aromatic carbocycles. The molecule has 2 atom stereocenters. The smallest absolute Gasteiger partial charge is 0.251 e. The Bertz CT molecular complexity index is 522. The van der Waals surface area contributed by atoms with Gasteiger partial charge in [-0.25, -0.2) is 0 Å². The van der Waals surface area contributed by atoms with E-state index < -0.39 is 0 Å². The van der Waals surface area contributed by atoms with Crippen LogP contribution >= 0.6 is 12.4 Å². The van der Waals surface area contributed by atoms with Gasteiger partial charge in [0.2, 0.25) is 5.91 Å². The van der Waals surface area contributed by atoms with E-state index in [9.17, 15) is 9.59 Å². The zero-order chi connectivity index (χ0) is 15.2. The fraction of sp³-hybridized carbons (Fsp3) is 0.500. The van der Waals surface area contributed by atoms with Crippen molar-refractivity contribution in [3.8, 4) is 0 Å². The van der Waals surface area contributed by atoms with Gasteiger partial charge in [0.05, 0.1) is 0 Å². The average molecular weight is 326 g/mol. The van der Waals surface area contributed by atoms with Gasteiger partial charge in [0.1, 0.15) is 0 Å². The van der Waals surface area contributed by atoms with Crippen molar-refractivity contribution in [1.29, 1.82) is 0 Å². The van der Waals surface area contributed by atoms with Gasteiger partial charge in [-0.3, -0.25) is 9.59 Å². The van der Waals surface area contributed by atoms with E-state index >= 15 is 0 Å². The van der Waals surface area contributed by atoms with Crippen LogP contribution < -0.4 is 16.4 Å². The van der Waals surface area contributed by atoms with Gasteiger partial charge in [0.25, 0.3) is 5.91 Å². The second-order valence-electron chi connectivity index (χ2n) is 5.53.